The molecule has 34 heavy (non-hydrogen) atoms. The first kappa shape index (κ1) is 22.2. The van der Waals surface area contributed by atoms with Gasteiger partial charge in [-0.1, -0.05) is 48.0 Å². The summed E-state index contributed by atoms with van der Waals surface area (Å²) in [5.41, 5.74) is 2.51. The average molecular weight is 478 g/mol. The average Bonchev–Trinajstić information content (AvgIpc) is 3.23. The Morgan fingerprint density at radius 3 is 2.65 bits per heavy atom. The fourth-order valence-electron chi connectivity index (χ4n) is 4.87. The van der Waals surface area contributed by atoms with Gasteiger partial charge in [0, 0.05) is 40.5 Å². The van der Waals surface area contributed by atoms with Crippen LogP contribution in [0.2, 0.25) is 5.02 Å². The molecule has 2 aliphatic rings. The Labute approximate surface area is 202 Å². The van der Waals surface area contributed by atoms with Crippen molar-refractivity contribution in [2.24, 2.45) is 0 Å². The number of nitrogens with zero attached hydrogens (tertiary/aromatic N) is 2. The van der Waals surface area contributed by atoms with Gasteiger partial charge in [0.05, 0.1) is 13.2 Å². The summed E-state index contributed by atoms with van der Waals surface area (Å²) in [4.78, 5) is 40.6. The van der Waals surface area contributed by atoms with Gasteiger partial charge in [0.1, 0.15) is 5.75 Å². The van der Waals surface area contributed by atoms with Crippen LogP contribution in [0.15, 0.2) is 54.6 Å². The van der Waals surface area contributed by atoms with Crippen LogP contribution in [0.5, 0.6) is 5.75 Å². The Bertz CT molecular complexity index is 1330. The second kappa shape index (κ2) is 8.33. The van der Waals surface area contributed by atoms with E-state index in [1.807, 2.05) is 48.7 Å². The zero-order valence-corrected chi connectivity index (χ0v) is 19.7. The van der Waals surface area contributed by atoms with E-state index < -0.39 is 17.5 Å². The molecule has 0 unspecified atom stereocenters. The van der Waals surface area contributed by atoms with Gasteiger partial charge in [0.25, 0.3) is 5.91 Å². The first-order valence-corrected chi connectivity index (χ1v) is 11.5. The summed E-state index contributed by atoms with van der Waals surface area (Å²) in [7, 11) is 0. The first-order chi connectivity index (χ1) is 16.3. The first-order valence-electron chi connectivity index (χ1n) is 11.1. The molecule has 0 radical (unpaired) electrons. The highest BCUT2D eigenvalue weighted by atomic mass is 35.5. The molecule has 1 N–H and O–H groups in total. The number of hydrogen-bond acceptors (Lipinski definition) is 4. The van der Waals surface area contributed by atoms with Crippen molar-refractivity contribution in [1.82, 2.24) is 14.8 Å². The number of halogens is 1. The number of carbonyl (C=O) groups is 3. The third kappa shape index (κ3) is 3.47. The van der Waals surface area contributed by atoms with Crippen molar-refractivity contribution >= 4 is 29.3 Å². The van der Waals surface area contributed by atoms with Gasteiger partial charge < -0.3 is 14.6 Å². The summed E-state index contributed by atoms with van der Waals surface area (Å²) in [5, 5.41) is 3.49. The maximum Gasteiger partial charge on any atom is 0.325 e. The number of para-hydroxylation sites is 1. The van der Waals surface area contributed by atoms with Gasteiger partial charge in [-0.15, -0.1) is 0 Å². The minimum atomic E-state index is -1.20. The second-order valence-electron chi connectivity index (χ2n) is 8.71. The van der Waals surface area contributed by atoms with E-state index in [0.29, 0.717) is 41.5 Å². The molecule has 7 nitrogen and oxygen atoms in total. The molecular weight excluding hydrogens is 454 g/mol. The number of nitrogens with one attached hydrogen (secondary N) is 1. The molecule has 1 spiro atoms. The molecule has 0 bridgehead atoms. The molecule has 1 saturated heterocycles. The van der Waals surface area contributed by atoms with Crippen LogP contribution >= 0.6 is 11.6 Å². The van der Waals surface area contributed by atoms with E-state index in [0.717, 1.165) is 21.9 Å². The highest BCUT2D eigenvalue weighted by Gasteiger charge is 2.55. The second-order valence-corrected chi connectivity index (χ2v) is 9.11. The molecular formula is C26H24ClN3O4. The number of benzene rings is 2. The molecule has 3 heterocycles. The number of Topliss-reactive ketones (excluding diaryl/α,β-unsaturated/α-hetero) is 1. The van der Waals surface area contributed by atoms with Gasteiger partial charge in [-0.3, -0.25) is 14.5 Å². The Morgan fingerprint density at radius 1 is 1.12 bits per heavy atom. The number of carbonyl (C=O) groups excluding carboxylic acids is 3. The molecule has 3 aromatic rings. The smallest absolute Gasteiger partial charge is 0.325 e. The molecule has 5 rings (SSSR count). The van der Waals surface area contributed by atoms with Crippen molar-refractivity contribution < 1.29 is 19.1 Å². The van der Waals surface area contributed by atoms with Gasteiger partial charge >= 0.3 is 6.03 Å². The number of hydrogen-bond donors (Lipinski definition) is 1. The number of aromatic nitrogens is 1. The maximum absolute atomic E-state index is 13.5. The van der Waals surface area contributed by atoms with Crippen molar-refractivity contribution in [2.75, 3.05) is 13.2 Å². The van der Waals surface area contributed by atoms with E-state index in [-0.39, 0.29) is 12.3 Å². The molecule has 3 amide bonds. The number of ketones is 1. The van der Waals surface area contributed by atoms with Crippen LogP contribution in [0.4, 0.5) is 4.79 Å². The largest absolute Gasteiger partial charge is 0.493 e. The van der Waals surface area contributed by atoms with Crippen molar-refractivity contribution in [3.63, 3.8) is 0 Å². The minimum absolute atomic E-state index is 0.292. The lowest BCUT2D eigenvalue weighted by Crippen LogP contribution is -2.47. The van der Waals surface area contributed by atoms with Crippen molar-refractivity contribution in [3.8, 4) is 5.75 Å². The molecule has 1 aromatic heterocycles. The zero-order chi connectivity index (χ0) is 24.0. The van der Waals surface area contributed by atoms with E-state index in [1.54, 1.807) is 24.3 Å². The summed E-state index contributed by atoms with van der Waals surface area (Å²) >= 11 is 6.32. The van der Waals surface area contributed by atoms with E-state index >= 15 is 0 Å². The lowest BCUT2D eigenvalue weighted by molar-refractivity contribution is -0.132. The third-order valence-corrected chi connectivity index (χ3v) is 7.09. The van der Waals surface area contributed by atoms with Gasteiger partial charge in [0.2, 0.25) is 0 Å². The fourth-order valence-corrected chi connectivity index (χ4v) is 5.06. The monoisotopic (exact) mass is 477 g/mol. The van der Waals surface area contributed by atoms with Crippen molar-refractivity contribution in [1.29, 1.82) is 0 Å². The predicted molar refractivity (Wildman–Crippen MR) is 127 cm³/mol. The summed E-state index contributed by atoms with van der Waals surface area (Å²) in [6.07, 6.45) is 0.311. The summed E-state index contributed by atoms with van der Waals surface area (Å²) < 4.78 is 7.68. The van der Waals surface area contributed by atoms with Crippen molar-refractivity contribution in [2.45, 2.75) is 32.4 Å². The van der Waals surface area contributed by atoms with Crippen LogP contribution in [-0.4, -0.2) is 40.3 Å². The predicted octanol–water partition coefficient (Wildman–Crippen LogP) is 4.22. The summed E-state index contributed by atoms with van der Waals surface area (Å²) in [6, 6.07) is 16.0. The van der Waals surface area contributed by atoms with Crippen LogP contribution in [0.1, 0.15) is 39.3 Å². The van der Waals surface area contributed by atoms with Gasteiger partial charge in [0.15, 0.2) is 11.3 Å². The standard InChI is InChI=1S/C26H24ClN3O4/c1-16-13-19(17(2)29(16)14-18-7-3-5-9-21(18)27)22(31)15-30-24(32)26(28-25(30)33)11-12-34-23-10-6-4-8-20(23)26/h3-10,13H,11-12,14-15H2,1-2H3,(H,28,33)/t26-/m0/s1. The Hall–Kier alpha value is -3.58. The number of rotatable bonds is 5. The van der Waals surface area contributed by atoms with Crippen molar-refractivity contribution in [3.05, 3.63) is 87.7 Å². The van der Waals surface area contributed by atoms with Crippen LogP contribution in [0.25, 0.3) is 0 Å². The van der Waals surface area contributed by atoms with Crippen LogP contribution in [-0.2, 0) is 16.9 Å². The lowest BCUT2D eigenvalue weighted by atomic mass is 9.84. The molecule has 8 heteroatoms. The van der Waals surface area contributed by atoms with Crippen LogP contribution in [0.3, 0.4) is 0 Å². The number of urea groups is 1. The Morgan fingerprint density at radius 2 is 1.85 bits per heavy atom. The number of imide groups is 1. The number of amides is 3. The highest BCUT2D eigenvalue weighted by molar-refractivity contribution is 6.31. The normalized spacial score (nSPS) is 19.2. The molecule has 0 aliphatic carbocycles. The Balaban J connectivity index is 1.40. The SMILES string of the molecule is Cc1cc(C(=O)CN2C(=O)N[C@]3(CCOc4ccccc43)C2=O)c(C)n1Cc1ccccc1Cl. The van der Waals surface area contributed by atoms with E-state index in [1.165, 1.54) is 0 Å². The summed E-state index contributed by atoms with van der Waals surface area (Å²) in [6.45, 7) is 4.27. The number of ether oxygens (including phenoxy) is 1. The molecule has 1 atom stereocenters. The van der Waals surface area contributed by atoms with Gasteiger partial charge in [-0.05, 0) is 37.6 Å². The molecule has 2 aromatic carbocycles. The molecule has 1 fully saturated rings. The maximum atomic E-state index is 13.5. The van der Waals surface area contributed by atoms with Crippen LogP contribution in [0, 0.1) is 13.8 Å². The molecule has 0 saturated carbocycles. The fraction of sp³-hybridized carbons (Fsp3) is 0.269. The van der Waals surface area contributed by atoms with Crippen LogP contribution < -0.4 is 10.1 Å². The van der Waals surface area contributed by atoms with E-state index in [4.69, 9.17) is 16.3 Å². The number of aryl methyl sites for hydroxylation is 1. The summed E-state index contributed by atoms with van der Waals surface area (Å²) in [5.74, 6) is -0.149. The quantitative estimate of drug-likeness (QED) is 0.440. The molecule has 174 valence electrons. The third-order valence-electron chi connectivity index (χ3n) is 6.72. The zero-order valence-electron chi connectivity index (χ0n) is 18.9. The number of fused-ring (bicyclic) bond motifs is 2. The Kier molecular flexibility index (Phi) is 5.44. The molecule has 2 aliphatic heterocycles. The van der Waals surface area contributed by atoms with E-state index in [9.17, 15) is 14.4 Å². The van der Waals surface area contributed by atoms with Gasteiger partial charge in [-0.25, -0.2) is 4.79 Å². The highest BCUT2D eigenvalue weighted by Crippen LogP contribution is 2.41. The van der Waals surface area contributed by atoms with E-state index in [2.05, 4.69) is 5.32 Å². The minimum Gasteiger partial charge on any atom is -0.493 e. The van der Waals surface area contributed by atoms with Gasteiger partial charge in [-0.2, -0.15) is 0 Å². The topological polar surface area (TPSA) is 80.6 Å². The lowest BCUT2D eigenvalue weighted by Gasteiger charge is -2.33.